The summed E-state index contributed by atoms with van der Waals surface area (Å²) in [6, 6.07) is 4.26. The predicted octanol–water partition coefficient (Wildman–Crippen LogP) is 3.21. The van der Waals surface area contributed by atoms with Gasteiger partial charge in [0.1, 0.15) is 6.10 Å². The molecule has 1 N–H and O–H groups in total. The van der Waals surface area contributed by atoms with Gasteiger partial charge < -0.3 is 9.84 Å². The number of benzene rings is 1. The first-order chi connectivity index (χ1) is 7.94. The molecular formula is C15H22O2. The third-order valence-corrected chi connectivity index (χ3v) is 3.84. The molecule has 17 heavy (non-hydrogen) atoms. The first-order valence-corrected chi connectivity index (χ1v) is 6.34. The summed E-state index contributed by atoms with van der Waals surface area (Å²) in [7, 11) is 0. The number of hydrogen-bond acceptors (Lipinski definition) is 2. The SMILES string of the molecule is Cc1cc(C)c(C(O)C2(C)CCCO2)c(C)c1. The second-order valence-corrected chi connectivity index (χ2v) is 5.48. The Balaban J connectivity index is 2.40. The van der Waals surface area contributed by atoms with E-state index in [1.165, 1.54) is 5.56 Å². The van der Waals surface area contributed by atoms with Gasteiger partial charge in [-0.1, -0.05) is 17.7 Å². The Hall–Kier alpha value is -0.860. The third-order valence-electron chi connectivity index (χ3n) is 3.84. The van der Waals surface area contributed by atoms with Crippen molar-refractivity contribution < 1.29 is 9.84 Å². The van der Waals surface area contributed by atoms with E-state index in [0.29, 0.717) is 0 Å². The maximum Gasteiger partial charge on any atom is 0.108 e. The number of aliphatic hydroxyl groups is 1. The van der Waals surface area contributed by atoms with Gasteiger partial charge in [-0.05, 0) is 57.2 Å². The Labute approximate surface area is 104 Å². The fourth-order valence-corrected chi connectivity index (χ4v) is 2.94. The Kier molecular flexibility index (Phi) is 3.28. The Bertz CT molecular complexity index is 394. The lowest BCUT2D eigenvalue weighted by Gasteiger charge is -2.31. The summed E-state index contributed by atoms with van der Waals surface area (Å²) in [5, 5.41) is 10.6. The molecule has 2 atom stereocenters. The number of ether oxygens (including phenoxy) is 1. The monoisotopic (exact) mass is 234 g/mol. The van der Waals surface area contributed by atoms with Gasteiger partial charge in [0.15, 0.2) is 0 Å². The average molecular weight is 234 g/mol. The van der Waals surface area contributed by atoms with Crippen LogP contribution in [0.3, 0.4) is 0 Å². The molecule has 1 fully saturated rings. The van der Waals surface area contributed by atoms with E-state index in [0.717, 1.165) is 36.1 Å². The molecule has 0 aromatic heterocycles. The summed E-state index contributed by atoms with van der Waals surface area (Å²) < 4.78 is 5.75. The molecule has 1 saturated heterocycles. The summed E-state index contributed by atoms with van der Waals surface area (Å²) in [6.45, 7) is 9.00. The van der Waals surface area contributed by atoms with E-state index in [9.17, 15) is 5.11 Å². The molecule has 0 amide bonds. The lowest BCUT2D eigenvalue weighted by atomic mass is 9.85. The zero-order chi connectivity index (χ0) is 12.6. The van der Waals surface area contributed by atoms with Crippen LogP contribution >= 0.6 is 0 Å². The molecule has 1 aromatic carbocycles. The lowest BCUT2D eigenvalue weighted by molar-refractivity contribution is -0.0800. The van der Waals surface area contributed by atoms with Gasteiger partial charge in [-0.15, -0.1) is 0 Å². The van der Waals surface area contributed by atoms with E-state index in [1.54, 1.807) is 0 Å². The van der Waals surface area contributed by atoms with E-state index in [-0.39, 0.29) is 0 Å². The van der Waals surface area contributed by atoms with Crippen LogP contribution in [0.2, 0.25) is 0 Å². The number of hydrogen-bond donors (Lipinski definition) is 1. The van der Waals surface area contributed by atoms with Gasteiger partial charge in [0.2, 0.25) is 0 Å². The Morgan fingerprint density at radius 2 is 1.82 bits per heavy atom. The fraction of sp³-hybridized carbons (Fsp3) is 0.600. The van der Waals surface area contributed by atoms with Gasteiger partial charge in [0, 0.05) is 6.61 Å². The van der Waals surface area contributed by atoms with Crippen molar-refractivity contribution in [1.29, 1.82) is 0 Å². The van der Waals surface area contributed by atoms with Crippen molar-refractivity contribution in [3.63, 3.8) is 0 Å². The number of aryl methyl sites for hydroxylation is 3. The first-order valence-electron chi connectivity index (χ1n) is 6.34. The van der Waals surface area contributed by atoms with Crippen LogP contribution in [0.4, 0.5) is 0 Å². The molecule has 1 aliphatic heterocycles. The van der Waals surface area contributed by atoms with Crippen LogP contribution in [-0.2, 0) is 4.74 Å². The molecule has 94 valence electrons. The molecule has 0 aliphatic carbocycles. The van der Waals surface area contributed by atoms with Gasteiger partial charge in [0.25, 0.3) is 0 Å². The highest BCUT2D eigenvalue weighted by molar-refractivity contribution is 5.40. The maximum absolute atomic E-state index is 10.6. The Morgan fingerprint density at radius 3 is 2.29 bits per heavy atom. The predicted molar refractivity (Wildman–Crippen MR) is 69.2 cm³/mol. The van der Waals surface area contributed by atoms with E-state index in [2.05, 4.69) is 32.9 Å². The Morgan fingerprint density at radius 1 is 1.24 bits per heavy atom. The standard InChI is InChI=1S/C15H22O2/c1-10-8-11(2)13(12(3)9-10)14(16)15(4)6-5-7-17-15/h8-9,14,16H,5-7H2,1-4H3. The minimum atomic E-state index is -0.523. The highest BCUT2D eigenvalue weighted by atomic mass is 16.5. The molecule has 0 saturated carbocycles. The molecule has 0 radical (unpaired) electrons. The van der Waals surface area contributed by atoms with E-state index < -0.39 is 11.7 Å². The highest BCUT2D eigenvalue weighted by Crippen LogP contribution is 2.39. The zero-order valence-electron chi connectivity index (χ0n) is 11.2. The number of rotatable bonds is 2. The van der Waals surface area contributed by atoms with Gasteiger partial charge in [-0.25, -0.2) is 0 Å². The summed E-state index contributed by atoms with van der Waals surface area (Å²) >= 11 is 0. The smallest absolute Gasteiger partial charge is 0.108 e. The van der Waals surface area contributed by atoms with Crippen LogP contribution in [-0.4, -0.2) is 17.3 Å². The molecule has 0 spiro atoms. The van der Waals surface area contributed by atoms with Crippen molar-refractivity contribution in [2.24, 2.45) is 0 Å². The minimum absolute atomic E-state index is 0.412. The van der Waals surface area contributed by atoms with Crippen LogP contribution in [0, 0.1) is 20.8 Å². The molecule has 2 heteroatoms. The van der Waals surface area contributed by atoms with Gasteiger partial charge in [-0.2, -0.15) is 0 Å². The maximum atomic E-state index is 10.6. The second-order valence-electron chi connectivity index (χ2n) is 5.48. The van der Waals surface area contributed by atoms with Crippen molar-refractivity contribution in [2.75, 3.05) is 6.61 Å². The highest BCUT2D eigenvalue weighted by Gasteiger charge is 2.39. The largest absolute Gasteiger partial charge is 0.385 e. The fourth-order valence-electron chi connectivity index (χ4n) is 2.94. The second kappa shape index (κ2) is 4.43. The van der Waals surface area contributed by atoms with Crippen LogP contribution in [0.15, 0.2) is 12.1 Å². The van der Waals surface area contributed by atoms with Crippen molar-refractivity contribution >= 4 is 0 Å². The van der Waals surface area contributed by atoms with Crippen LogP contribution in [0.5, 0.6) is 0 Å². The lowest BCUT2D eigenvalue weighted by Crippen LogP contribution is -2.32. The molecule has 2 unspecified atom stereocenters. The van der Waals surface area contributed by atoms with E-state index >= 15 is 0 Å². The molecule has 1 heterocycles. The molecular weight excluding hydrogens is 212 g/mol. The molecule has 0 bridgehead atoms. The molecule has 2 nitrogen and oxygen atoms in total. The van der Waals surface area contributed by atoms with Gasteiger partial charge in [0.05, 0.1) is 5.60 Å². The minimum Gasteiger partial charge on any atom is -0.385 e. The third kappa shape index (κ3) is 2.24. The first kappa shape index (κ1) is 12.6. The quantitative estimate of drug-likeness (QED) is 0.851. The normalized spacial score (nSPS) is 26.2. The molecule has 1 aliphatic rings. The summed E-state index contributed by atoms with van der Waals surface area (Å²) in [4.78, 5) is 0. The number of aliphatic hydroxyl groups excluding tert-OH is 1. The summed E-state index contributed by atoms with van der Waals surface area (Å²) in [5.74, 6) is 0. The van der Waals surface area contributed by atoms with Crippen molar-refractivity contribution in [2.45, 2.75) is 52.2 Å². The van der Waals surface area contributed by atoms with Crippen molar-refractivity contribution in [3.8, 4) is 0 Å². The van der Waals surface area contributed by atoms with Gasteiger partial charge in [-0.3, -0.25) is 0 Å². The van der Waals surface area contributed by atoms with E-state index in [1.807, 2.05) is 6.92 Å². The van der Waals surface area contributed by atoms with E-state index in [4.69, 9.17) is 4.74 Å². The summed E-state index contributed by atoms with van der Waals surface area (Å²) in [5.41, 5.74) is 4.19. The summed E-state index contributed by atoms with van der Waals surface area (Å²) in [6.07, 6.45) is 1.45. The molecule has 2 rings (SSSR count). The zero-order valence-corrected chi connectivity index (χ0v) is 11.2. The van der Waals surface area contributed by atoms with Gasteiger partial charge >= 0.3 is 0 Å². The molecule has 1 aromatic rings. The average Bonchev–Trinajstić information content (AvgIpc) is 2.64. The van der Waals surface area contributed by atoms with Crippen LogP contribution in [0.25, 0.3) is 0 Å². The topological polar surface area (TPSA) is 29.5 Å². The van der Waals surface area contributed by atoms with Crippen LogP contribution in [0.1, 0.15) is 48.1 Å². The van der Waals surface area contributed by atoms with Crippen molar-refractivity contribution in [3.05, 3.63) is 34.4 Å². The van der Waals surface area contributed by atoms with Crippen LogP contribution < -0.4 is 0 Å². The van der Waals surface area contributed by atoms with Crippen molar-refractivity contribution in [1.82, 2.24) is 0 Å².